The SMILES string of the molecule is Cc1ccc(CO)cc1NCC(F)(F)F. The van der Waals surface area contributed by atoms with Gasteiger partial charge in [-0.05, 0) is 24.1 Å². The van der Waals surface area contributed by atoms with Crippen molar-refractivity contribution in [3.63, 3.8) is 0 Å². The molecule has 1 aromatic carbocycles. The van der Waals surface area contributed by atoms with Crippen LogP contribution in [-0.2, 0) is 6.61 Å². The second-order valence-corrected chi connectivity index (χ2v) is 3.28. The van der Waals surface area contributed by atoms with Crippen molar-refractivity contribution in [3.05, 3.63) is 29.3 Å². The maximum Gasteiger partial charge on any atom is 0.405 e. The van der Waals surface area contributed by atoms with Gasteiger partial charge in [-0.2, -0.15) is 13.2 Å². The summed E-state index contributed by atoms with van der Waals surface area (Å²) in [5, 5.41) is 11.1. The number of rotatable bonds is 3. The lowest BCUT2D eigenvalue weighted by molar-refractivity contribution is -0.115. The molecule has 1 aromatic rings. The Kier molecular flexibility index (Phi) is 3.57. The van der Waals surface area contributed by atoms with Crippen LogP contribution in [0.1, 0.15) is 11.1 Å². The van der Waals surface area contributed by atoms with Crippen LogP contribution in [0.2, 0.25) is 0 Å². The van der Waals surface area contributed by atoms with E-state index in [0.29, 0.717) is 11.3 Å². The van der Waals surface area contributed by atoms with E-state index in [0.717, 1.165) is 5.56 Å². The monoisotopic (exact) mass is 219 g/mol. The first-order chi connectivity index (χ1) is 6.92. The molecule has 2 nitrogen and oxygen atoms in total. The Morgan fingerprint density at radius 3 is 2.53 bits per heavy atom. The molecule has 0 radical (unpaired) electrons. The minimum Gasteiger partial charge on any atom is -0.392 e. The number of nitrogens with one attached hydrogen (secondary N) is 1. The summed E-state index contributed by atoms with van der Waals surface area (Å²) < 4.78 is 35.8. The molecule has 0 aliphatic carbocycles. The first-order valence-corrected chi connectivity index (χ1v) is 4.43. The van der Waals surface area contributed by atoms with E-state index in [9.17, 15) is 13.2 Å². The van der Waals surface area contributed by atoms with Gasteiger partial charge in [-0.1, -0.05) is 12.1 Å². The first-order valence-electron chi connectivity index (χ1n) is 4.43. The highest BCUT2D eigenvalue weighted by atomic mass is 19.4. The quantitative estimate of drug-likeness (QED) is 0.818. The van der Waals surface area contributed by atoms with Crippen molar-refractivity contribution >= 4 is 5.69 Å². The minimum absolute atomic E-state index is 0.180. The molecule has 0 bridgehead atoms. The van der Waals surface area contributed by atoms with Crippen molar-refractivity contribution in [2.24, 2.45) is 0 Å². The van der Waals surface area contributed by atoms with E-state index < -0.39 is 12.7 Å². The van der Waals surface area contributed by atoms with E-state index in [1.54, 1.807) is 19.1 Å². The highest BCUT2D eigenvalue weighted by molar-refractivity contribution is 5.52. The van der Waals surface area contributed by atoms with Crippen LogP contribution >= 0.6 is 0 Å². The Morgan fingerprint density at radius 2 is 2.00 bits per heavy atom. The van der Waals surface area contributed by atoms with E-state index >= 15 is 0 Å². The summed E-state index contributed by atoms with van der Waals surface area (Å²) in [5.41, 5.74) is 1.71. The highest BCUT2D eigenvalue weighted by Crippen LogP contribution is 2.20. The van der Waals surface area contributed by atoms with Crippen molar-refractivity contribution in [2.75, 3.05) is 11.9 Å². The molecule has 0 heterocycles. The zero-order valence-corrected chi connectivity index (χ0v) is 8.23. The number of aliphatic hydroxyl groups is 1. The Morgan fingerprint density at radius 1 is 1.33 bits per heavy atom. The molecule has 0 atom stereocenters. The van der Waals surface area contributed by atoms with Crippen molar-refractivity contribution < 1.29 is 18.3 Å². The summed E-state index contributed by atoms with van der Waals surface area (Å²) in [6.07, 6.45) is -4.23. The van der Waals surface area contributed by atoms with E-state index in [-0.39, 0.29) is 6.61 Å². The first kappa shape index (κ1) is 11.8. The van der Waals surface area contributed by atoms with Crippen molar-refractivity contribution in [1.82, 2.24) is 0 Å². The molecule has 0 unspecified atom stereocenters. The van der Waals surface area contributed by atoms with Gasteiger partial charge in [0.15, 0.2) is 0 Å². The number of benzene rings is 1. The maximum absolute atomic E-state index is 11.9. The number of aliphatic hydroxyl groups excluding tert-OH is 1. The Bertz CT molecular complexity index is 336. The number of hydrogen-bond acceptors (Lipinski definition) is 2. The standard InChI is InChI=1S/C10H12F3NO/c1-7-2-3-8(5-15)4-9(7)14-6-10(11,12)13/h2-4,14-15H,5-6H2,1H3. The molecule has 0 spiro atoms. The van der Waals surface area contributed by atoms with E-state index in [1.807, 2.05) is 0 Å². The lowest BCUT2D eigenvalue weighted by atomic mass is 10.1. The molecular formula is C10H12F3NO. The van der Waals surface area contributed by atoms with Crippen molar-refractivity contribution in [1.29, 1.82) is 0 Å². The summed E-state index contributed by atoms with van der Waals surface area (Å²) in [6.45, 7) is 0.462. The van der Waals surface area contributed by atoms with Crippen molar-refractivity contribution in [2.45, 2.75) is 19.7 Å². The third kappa shape index (κ3) is 3.79. The molecule has 0 amide bonds. The highest BCUT2D eigenvalue weighted by Gasteiger charge is 2.26. The number of anilines is 1. The Balaban J connectivity index is 2.75. The molecule has 0 fully saturated rings. The lowest BCUT2D eigenvalue weighted by Gasteiger charge is -2.12. The van der Waals surface area contributed by atoms with Gasteiger partial charge in [-0.3, -0.25) is 0 Å². The third-order valence-electron chi connectivity index (χ3n) is 1.96. The van der Waals surface area contributed by atoms with Crippen LogP contribution in [0.4, 0.5) is 18.9 Å². The Hall–Kier alpha value is -1.23. The topological polar surface area (TPSA) is 32.3 Å². The zero-order valence-electron chi connectivity index (χ0n) is 8.23. The number of halogens is 3. The van der Waals surface area contributed by atoms with Gasteiger partial charge >= 0.3 is 6.18 Å². The zero-order chi connectivity index (χ0) is 11.5. The molecule has 0 saturated heterocycles. The summed E-state index contributed by atoms with van der Waals surface area (Å²) in [6, 6.07) is 4.86. The van der Waals surface area contributed by atoms with Gasteiger partial charge in [0.25, 0.3) is 0 Å². The number of aryl methyl sites for hydroxylation is 1. The second kappa shape index (κ2) is 4.53. The molecular weight excluding hydrogens is 207 g/mol. The second-order valence-electron chi connectivity index (χ2n) is 3.28. The van der Waals surface area contributed by atoms with Gasteiger partial charge < -0.3 is 10.4 Å². The van der Waals surface area contributed by atoms with Crippen LogP contribution in [-0.4, -0.2) is 17.8 Å². The predicted molar refractivity (Wildman–Crippen MR) is 51.6 cm³/mol. The summed E-state index contributed by atoms with van der Waals surface area (Å²) in [5.74, 6) is 0. The lowest BCUT2D eigenvalue weighted by Crippen LogP contribution is -2.21. The molecule has 5 heteroatoms. The molecule has 0 aliphatic heterocycles. The van der Waals surface area contributed by atoms with Gasteiger partial charge in [-0.15, -0.1) is 0 Å². The van der Waals surface area contributed by atoms with E-state index in [2.05, 4.69) is 5.32 Å². The molecule has 0 aliphatic rings. The largest absolute Gasteiger partial charge is 0.405 e. The van der Waals surface area contributed by atoms with Gasteiger partial charge in [0.2, 0.25) is 0 Å². The molecule has 0 saturated carbocycles. The number of alkyl halides is 3. The van der Waals surface area contributed by atoms with E-state index in [1.165, 1.54) is 6.07 Å². The number of hydrogen-bond donors (Lipinski definition) is 2. The molecule has 15 heavy (non-hydrogen) atoms. The summed E-state index contributed by atoms with van der Waals surface area (Å²) >= 11 is 0. The normalized spacial score (nSPS) is 11.5. The van der Waals surface area contributed by atoms with Crippen LogP contribution in [0.3, 0.4) is 0 Å². The predicted octanol–water partition coefficient (Wildman–Crippen LogP) is 2.46. The Labute approximate surface area is 85.7 Å². The summed E-state index contributed by atoms with van der Waals surface area (Å²) in [4.78, 5) is 0. The fourth-order valence-corrected chi connectivity index (χ4v) is 1.15. The van der Waals surface area contributed by atoms with Crippen LogP contribution < -0.4 is 5.32 Å². The van der Waals surface area contributed by atoms with Crippen molar-refractivity contribution in [3.8, 4) is 0 Å². The molecule has 1 rings (SSSR count). The molecule has 2 N–H and O–H groups in total. The third-order valence-corrected chi connectivity index (χ3v) is 1.96. The maximum atomic E-state index is 11.9. The fraction of sp³-hybridized carbons (Fsp3) is 0.400. The minimum atomic E-state index is -4.23. The van der Waals surface area contributed by atoms with Crippen LogP contribution in [0.5, 0.6) is 0 Å². The average Bonchev–Trinajstić information content (AvgIpc) is 2.15. The van der Waals surface area contributed by atoms with Gasteiger partial charge in [0.05, 0.1) is 6.61 Å². The van der Waals surface area contributed by atoms with Gasteiger partial charge in [-0.25, -0.2) is 0 Å². The average molecular weight is 219 g/mol. The fourth-order valence-electron chi connectivity index (χ4n) is 1.15. The van der Waals surface area contributed by atoms with Crippen LogP contribution in [0, 0.1) is 6.92 Å². The van der Waals surface area contributed by atoms with Gasteiger partial charge in [0, 0.05) is 5.69 Å². The molecule has 84 valence electrons. The van der Waals surface area contributed by atoms with Gasteiger partial charge in [0.1, 0.15) is 6.54 Å². The van der Waals surface area contributed by atoms with Crippen LogP contribution in [0.15, 0.2) is 18.2 Å². The smallest absolute Gasteiger partial charge is 0.392 e. The van der Waals surface area contributed by atoms with E-state index in [4.69, 9.17) is 5.11 Å². The molecule has 0 aromatic heterocycles. The summed E-state index contributed by atoms with van der Waals surface area (Å²) in [7, 11) is 0. The van der Waals surface area contributed by atoms with Crippen LogP contribution in [0.25, 0.3) is 0 Å².